The molecule has 5 nitrogen and oxygen atoms in total. The van der Waals surface area contributed by atoms with Gasteiger partial charge in [0.15, 0.2) is 0 Å². The van der Waals surface area contributed by atoms with Gasteiger partial charge in [-0.15, -0.1) is 0 Å². The summed E-state index contributed by atoms with van der Waals surface area (Å²) in [5.74, 6) is -1.08. The second-order valence-electron chi connectivity index (χ2n) is 4.91. The molecule has 0 heterocycles. The molecule has 1 aliphatic carbocycles. The fourth-order valence-corrected chi connectivity index (χ4v) is 2.22. The lowest BCUT2D eigenvalue weighted by molar-refractivity contribution is -0.152. The van der Waals surface area contributed by atoms with Gasteiger partial charge >= 0.3 is 5.97 Å². The molecule has 17 heavy (non-hydrogen) atoms. The van der Waals surface area contributed by atoms with Crippen LogP contribution in [0.5, 0.6) is 0 Å². The van der Waals surface area contributed by atoms with Crippen LogP contribution >= 0.6 is 0 Å². The van der Waals surface area contributed by atoms with Crippen molar-refractivity contribution in [1.82, 2.24) is 5.32 Å². The minimum absolute atomic E-state index is 0.244. The maximum Gasteiger partial charge on any atom is 0.311 e. The second-order valence-corrected chi connectivity index (χ2v) is 4.91. The monoisotopic (exact) mass is 243 g/mol. The first-order valence-electron chi connectivity index (χ1n) is 5.98. The zero-order valence-electron chi connectivity index (χ0n) is 10.7. The average Bonchev–Trinajstić information content (AvgIpc) is 2.30. The standard InChI is InChI=1S/C12H21NO4/c1-8(17-3)10(14)13-9-6-4-5-7-12(9,2)11(15)16/h8-9H,4-7H2,1-3H3,(H,13,14)(H,15,16). The van der Waals surface area contributed by atoms with Crippen molar-refractivity contribution >= 4 is 11.9 Å². The third-order valence-electron chi connectivity index (χ3n) is 3.74. The Bertz CT molecular complexity index is 305. The molecular weight excluding hydrogens is 222 g/mol. The van der Waals surface area contributed by atoms with E-state index in [1.54, 1.807) is 13.8 Å². The van der Waals surface area contributed by atoms with Crippen molar-refractivity contribution in [2.75, 3.05) is 7.11 Å². The van der Waals surface area contributed by atoms with Crippen molar-refractivity contribution in [3.63, 3.8) is 0 Å². The van der Waals surface area contributed by atoms with Gasteiger partial charge in [0, 0.05) is 13.2 Å². The van der Waals surface area contributed by atoms with Crippen molar-refractivity contribution in [1.29, 1.82) is 0 Å². The number of rotatable bonds is 4. The highest BCUT2D eigenvalue weighted by atomic mass is 16.5. The second kappa shape index (κ2) is 5.49. The fourth-order valence-electron chi connectivity index (χ4n) is 2.22. The highest BCUT2D eigenvalue weighted by Gasteiger charge is 2.44. The van der Waals surface area contributed by atoms with Crippen molar-refractivity contribution in [2.45, 2.75) is 51.7 Å². The molecule has 1 fully saturated rings. The van der Waals surface area contributed by atoms with E-state index in [4.69, 9.17) is 4.74 Å². The van der Waals surface area contributed by atoms with Crippen LogP contribution in [0.3, 0.4) is 0 Å². The van der Waals surface area contributed by atoms with Crippen LogP contribution in [0.25, 0.3) is 0 Å². The van der Waals surface area contributed by atoms with Crippen LogP contribution in [0.15, 0.2) is 0 Å². The first-order valence-corrected chi connectivity index (χ1v) is 5.98. The zero-order valence-corrected chi connectivity index (χ0v) is 10.7. The number of carbonyl (C=O) groups is 2. The molecule has 2 N–H and O–H groups in total. The van der Waals surface area contributed by atoms with Crippen LogP contribution in [0.4, 0.5) is 0 Å². The molecule has 3 unspecified atom stereocenters. The predicted molar refractivity (Wildman–Crippen MR) is 62.6 cm³/mol. The zero-order chi connectivity index (χ0) is 13.1. The molecule has 3 atom stereocenters. The largest absolute Gasteiger partial charge is 0.481 e. The van der Waals surface area contributed by atoms with Crippen LogP contribution in [0.2, 0.25) is 0 Å². The summed E-state index contributed by atoms with van der Waals surface area (Å²) in [7, 11) is 1.46. The van der Waals surface area contributed by atoms with Crippen LogP contribution in [-0.2, 0) is 14.3 Å². The van der Waals surface area contributed by atoms with Gasteiger partial charge in [0.1, 0.15) is 6.10 Å². The van der Waals surface area contributed by atoms with Gasteiger partial charge in [-0.1, -0.05) is 12.8 Å². The van der Waals surface area contributed by atoms with E-state index in [9.17, 15) is 14.7 Å². The summed E-state index contributed by atoms with van der Waals surface area (Å²) < 4.78 is 4.92. The molecule has 1 aliphatic rings. The van der Waals surface area contributed by atoms with E-state index in [-0.39, 0.29) is 11.9 Å². The maximum absolute atomic E-state index is 11.7. The normalized spacial score (nSPS) is 30.6. The number of ether oxygens (including phenoxy) is 1. The molecule has 0 aromatic carbocycles. The van der Waals surface area contributed by atoms with Gasteiger partial charge in [-0.2, -0.15) is 0 Å². The number of nitrogens with one attached hydrogen (secondary N) is 1. The smallest absolute Gasteiger partial charge is 0.311 e. The van der Waals surface area contributed by atoms with E-state index in [0.717, 1.165) is 12.8 Å². The molecule has 0 radical (unpaired) electrons. The number of carboxylic acid groups (broad SMARTS) is 1. The van der Waals surface area contributed by atoms with Gasteiger partial charge in [0.25, 0.3) is 0 Å². The number of methoxy groups -OCH3 is 1. The molecular formula is C12H21NO4. The summed E-state index contributed by atoms with van der Waals surface area (Å²) in [5, 5.41) is 12.1. The van der Waals surface area contributed by atoms with Gasteiger partial charge in [-0.05, 0) is 26.7 Å². The topological polar surface area (TPSA) is 75.6 Å². The summed E-state index contributed by atoms with van der Waals surface area (Å²) in [6.45, 7) is 3.35. The highest BCUT2D eigenvalue weighted by molar-refractivity contribution is 5.82. The van der Waals surface area contributed by atoms with Gasteiger partial charge in [0.05, 0.1) is 5.41 Å². The van der Waals surface area contributed by atoms with Crippen LogP contribution in [0.1, 0.15) is 39.5 Å². The predicted octanol–water partition coefficient (Wildman–Crippen LogP) is 1.17. The minimum Gasteiger partial charge on any atom is -0.481 e. The molecule has 98 valence electrons. The van der Waals surface area contributed by atoms with Gasteiger partial charge < -0.3 is 15.2 Å². The minimum atomic E-state index is -0.860. The van der Waals surface area contributed by atoms with Crippen molar-refractivity contribution in [3.05, 3.63) is 0 Å². The Balaban J connectivity index is 2.73. The summed E-state index contributed by atoms with van der Waals surface area (Å²) in [6, 6.07) is -0.307. The Morgan fingerprint density at radius 1 is 1.47 bits per heavy atom. The summed E-state index contributed by atoms with van der Waals surface area (Å²) in [6.07, 6.45) is 2.62. The molecule has 0 aliphatic heterocycles. The molecule has 0 aromatic rings. The lowest BCUT2D eigenvalue weighted by atomic mass is 9.71. The Hall–Kier alpha value is -1.10. The van der Waals surface area contributed by atoms with E-state index in [1.165, 1.54) is 7.11 Å². The van der Waals surface area contributed by atoms with Crippen LogP contribution in [-0.4, -0.2) is 36.2 Å². The highest BCUT2D eigenvalue weighted by Crippen LogP contribution is 2.36. The first kappa shape index (κ1) is 14.0. The Morgan fingerprint density at radius 2 is 2.12 bits per heavy atom. The number of carbonyl (C=O) groups excluding carboxylic acids is 1. The first-order chi connectivity index (χ1) is 7.91. The van der Waals surface area contributed by atoms with Crippen molar-refractivity contribution < 1.29 is 19.4 Å². The Labute approximate surface area is 102 Å². The molecule has 0 saturated heterocycles. The third kappa shape index (κ3) is 2.97. The molecule has 0 aromatic heterocycles. The number of amides is 1. The van der Waals surface area contributed by atoms with Gasteiger partial charge in [-0.3, -0.25) is 9.59 Å². The average molecular weight is 243 g/mol. The SMILES string of the molecule is COC(C)C(=O)NC1CCCCC1(C)C(=O)O. The third-order valence-corrected chi connectivity index (χ3v) is 3.74. The van der Waals surface area contributed by atoms with Crippen molar-refractivity contribution in [3.8, 4) is 0 Å². The lowest BCUT2D eigenvalue weighted by Crippen LogP contribution is -2.54. The van der Waals surface area contributed by atoms with Crippen LogP contribution < -0.4 is 5.32 Å². The quantitative estimate of drug-likeness (QED) is 0.777. The molecule has 0 spiro atoms. The summed E-state index contributed by atoms with van der Waals surface area (Å²) in [5.41, 5.74) is -0.860. The van der Waals surface area contributed by atoms with Gasteiger partial charge in [-0.25, -0.2) is 0 Å². The van der Waals surface area contributed by atoms with E-state index < -0.39 is 17.5 Å². The summed E-state index contributed by atoms with van der Waals surface area (Å²) in [4.78, 5) is 23.0. The molecule has 5 heteroatoms. The van der Waals surface area contributed by atoms with Crippen LogP contribution in [0, 0.1) is 5.41 Å². The Kier molecular flexibility index (Phi) is 4.51. The molecule has 1 amide bonds. The number of aliphatic carboxylic acids is 1. The van der Waals surface area contributed by atoms with E-state index in [0.29, 0.717) is 12.8 Å². The summed E-state index contributed by atoms with van der Waals surface area (Å²) >= 11 is 0. The van der Waals surface area contributed by atoms with E-state index in [1.807, 2.05) is 0 Å². The van der Waals surface area contributed by atoms with Gasteiger partial charge in [0.2, 0.25) is 5.91 Å². The number of hydrogen-bond acceptors (Lipinski definition) is 3. The van der Waals surface area contributed by atoms with E-state index in [2.05, 4.69) is 5.32 Å². The molecule has 1 saturated carbocycles. The molecule has 1 rings (SSSR count). The fraction of sp³-hybridized carbons (Fsp3) is 0.833. The number of carboxylic acids is 1. The maximum atomic E-state index is 11.7. The Morgan fingerprint density at radius 3 is 2.65 bits per heavy atom. The van der Waals surface area contributed by atoms with E-state index >= 15 is 0 Å². The molecule has 0 bridgehead atoms. The lowest BCUT2D eigenvalue weighted by Gasteiger charge is -2.38. The van der Waals surface area contributed by atoms with Crippen molar-refractivity contribution in [2.24, 2.45) is 5.41 Å². The number of hydrogen-bond donors (Lipinski definition) is 2.